The lowest BCUT2D eigenvalue weighted by atomic mass is 10.1. The Bertz CT molecular complexity index is 443. The van der Waals surface area contributed by atoms with E-state index in [1.807, 2.05) is 11.3 Å². The second-order valence-corrected chi connectivity index (χ2v) is 7.49. The fourth-order valence-corrected chi connectivity index (χ4v) is 3.98. The van der Waals surface area contributed by atoms with Crippen molar-refractivity contribution in [2.75, 3.05) is 32.1 Å². The third kappa shape index (κ3) is 4.41. The Labute approximate surface area is 133 Å². The Kier molecular flexibility index (Phi) is 6.02. The van der Waals surface area contributed by atoms with Crippen LogP contribution in [-0.2, 0) is 13.0 Å². The van der Waals surface area contributed by atoms with E-state index < -0.39 is 0 Å². The molecule has 0 spiro atoms. The molecule has 1 aliphatic heterocycles. The maximum absolute atomic E-state index is 4.89. The van der Waals surface area contributed by atoms with Gasteiger partial charge in [0.05, 0.1) is 5.69 Å². The third-order valence-corrected chi connectivity index (χ3v) is 5.41. The van der Waals surface area contributed by atoms with E-state index in [1.54, 1.807) is 0 Å². The van der Waals surface area contributed by atoms with Crippen molar-refractivity contribution in [2.24, 2.45) is 0 Å². The zero-order chi connectivity index (χ0) is 15.4. The molecule has 2 heterocycles. The van der Waals surface area contributed by atoms with Crippen LogP contribution in [0.15, 0.2) is 0 Å². The molecule has 1 aromatic heterocycles. The van der Waals surface area contributed by atoms with Crippen molar-refractivity contribution in [1.82, 2.24) is 15.2 Å². The molecule has 1 saturated heterocycles. The topological polar surface area (TPSA) is 31.4 Å². The highest BCUT2D eigenvalue weighted by Gasteiger charge is 2.24. The monoisotopic (exact) mass is 310 g/mol. The zero-order valence-electron chi connectivity index (χ0n) is 14.1. The van der Waals surface area contributed by atoms with E-state index >= 15 is 0 Å². The Hall–Kier alpha value is -0.650. The maximum atomic E-state index is 4.89. The number of aromatic nitrogens is 1. The minimum absolute atomic E-state index is 0.518. The fourth-order valence-electron chi connectivity index (χ4n) is 2.84. The van der Waals surface area contributed by atoms with Crippen LogP contribution in [0.2, 0.25) is 0 Å². The molecular formula is C16H30N4S. The molecule has 5 heteroatoms. The highest BCUT2D eigenvalue weighted by atomic mass is 32.1. The van der Waals surface area contributed by atoms with Crippen molar-refractivity contribution in [3.63, 3.8) is 0 Å². The number of likely N-dealkylation sites (N-methyl/N-ethyl adjacent to an activating group) is 2. The SMILES string of the molecule is CCc1nc(N(C)C2CCCN(C)C2)sc1CNC(C)C. The predicted octanol–water partition coefficient (Wildman–Crippen LogP) is 2.73. The summed E-state index contributed by atoms with van der Waals surface area (Å²) in [4.78, 5) is 11.1. The average molecular weight is 311 g/mol. The summed E-state index contributed by atoms with van der Waals surface area (Å²) in [6.45, 7) is 9.90. The minimum Gasteiger partial charge on any atom is -0.347 e. The summed E-state index contributed by atoms with van der Waals surface area (Å²) in [5.41, 5.74) is 1.26. The number of nitrogens with one attached hydrogen (secondary N) is 1. The number of piperidine rings is 1. The van der Waals surface area contributed by atoms with Crippen LogP contribution in [0.3, 0.4) is 0 Å². The van der Waals surface area contributed by atoms with Crippen LogP contribution >= 0.6 is 11.3 Å². The molecule has 0 aromatic carbocycles. The lowest BCUT2D eigenvalue weighted by molar-refractivity contribution is 0.248. The number of nitrogens with zero attached hydrogens (tertiary/aromatic N) is 3. The molecule has 0 bridgehead atoms. The molecule has 4 nitrogen and oxygen atoms in total. The van der Waals surface area contributed by atoms with Gasteiger partial charge >= 0.3 is 0 Å². The molecule has 120 valence electrons. The molecular weight excluding hydrogens is 280 g/mol. The quantitative estimate of drug-likeness (QED) is 0.875. The van der Waals surface area contributed by atoms with Gasteiger partial charge in [0.1, 0.15) is 0 Å². The molecule has 1 unspecified atom stereocenters. The van der Waals surface area contributed by atoms with Gasteiger partial charge in [0.25, 0.3) is 0 Å². The number of thiazole rings is 1. The maximum Gasteiger partial charge on any atom is 0.185 e. The highest BCUT2D eigenvalue weighted by Crippen LogP contribution is 2.29. The van der Waals surface area contributed by atoms with Gasteiger partial charge in [-0.15, -0.1) is 11.3 Å². The van der Waals surface area contributed by atoms with Crippen molar-refractivity contribution in [3.8, 4) is 0 Å². The van der Waals surface area contributed by atoms with Gasteiger partial charge in [-0.25, -0.2) is 4.98 Å². The summed E-state index contributed by atoms with van der Waals surface area (Å²) in [6, 6.07) is 1.12. The number of hydrogen-bond donors (Lipinski definition) is 1. The van der Waals surface area contributed by atoms with Crippen LogP contribution in [0, 0.1) is 0 Å². The lowest BCUT2D eigenvalue weighted by Gasteiger charge is -2.35. The number of anilines is 1. The van der Waals surface area contributed by atoms with Crippen molar-refractivity contribution in [1.29, 1.82) is 0 Å². The van der Waals surface area contributed by atoms with E-state index in [2.05, 4.69) is 50.0 Å². The predicted molar refractivity (Wildman–Crippen MR) is 92.4 cm³/mol. The van der Waals surface area contributed by atoms with E-state index in [1.165, 1.54) is 35.1 Å². The second kappa shape index (κ2) is 7.56. The van der Waals surface area contributed by atoms with Crippen LogP contribution in [0.5, 0.6) is 0 Å². The van der Waals surface area contributed by atoms with Gasteiger partial charge in [0, 0.05) is 37.1 Å². The third-order valence-electron chi connectivity index (χ3n) is 4.22. The Balaban J connectivity index is 2.08. The van der Waals surface area contributed by atoms with Gasteiger partial charge in [-0.05, 0) is 32.9 Å². The van der Waals surface area contributed by atoms with E-state index in [9.17, 15) is 0 Å². The van der Waals surface area contributed by atoms with Crippen LogP contribution in [0.25, 0.3) is 0 Å². The summed E-state index contributed by atoms with van der Waals surface area (Å²) < 4.78 is 0. The van der Waals surface area contributed by atoms with E-state index in [4.69, 9.17) is 4.98 Å². The number of rotatable bonds is 6. The Morgan fingerprint density at radius 2 is 2.24 bits per heavy atom. The smallest absolute Gasteiger partial charge is 0.185 e. The molecule has 2 rings (SSSR count). The number of aryl methyl sites for hydroxylation is 1. The van der Waals surface area contributed by atoms with Gasteiger partial charge in [0.15, 0.2) is 5.13 Å². The molecule has 1 aromatic rings. The molecule has 0 amide bonds. The van der Waals surface area contributed by atoms with Crippen LogP contribution in [0.1, 0.15) is 44.2 Å². The molecule has 0 radical (unpaired) electrons. The standard InChI is InChI=1S/C16H30N4S/c1-6-14-15(10-17-12(2)3)21-16(18-14)20(5)13-8-7-9-19(4)11-13/h12-13,17H,6-11H2,1-5H3. The van der Waals surface area contributed by atoms with Gasteiger partial charge in [0.2, 0.25) is 0 Å². The lowest BCUT2D eigenvalue weighted by Crippen LogP contribution is -2.45. The Morgan fingerprint density at radius 1 is 1.48 bits per heavy atom. The van der Waals surface area contributed by atoms with E-state index in [0.717, 1.165) is 19.5 Å². The van der Waals surface area contributed by atoms with Crippen LogP contribution < -0.4 is 10.2 Å². The van der Waals surface area contributed by atoms with Crippen molar-refractivity contribution < 1.29 is 0 Å². The fraction of sp³-hybridized carbons (Fsp3) is 0.812. The van der Waals surface area contributed by atoms with Gasteiger partial charge in [-0.1, -0.05) is 20.8 Å². The Morgan fingerprint density at radius 3 is 2.86 bits per heavy atom. The first-order valence-corrected chi connectivity index (χ1v) is 8.96. The molecule has 0 saturated carbocycles. The van der Waals surface area contributed by atoms with Crippen LogP contribution in [-0.4, -0.2) is 49.2 Å². The first-order chi connectivity index (χ1) is 10.0. The summed E-state index contributed by atoms with van der Waals surface area (Å²) in [6.07, 6.45) is 3.59. The van der Waals surface area contributed by atoms with Gasteiger partial charge in [-0.2, -0.15) is 0 Å². The summed E-state index contributed by atoms with van der Waals surface area (Å²) >= 11 is 1.86. The van der Waals surface area contributed by atoms with Crippen molar-refractivity contribution in [3.05, 3.63) is 10.6 Å². The number of likely N-dealkylation sites (tertiary alicyclic amines) is 1. The molecule has 0 aliphatic carbocycles. The van der Waals surface area contributed by atoms with Crippen molar-refractivity contribution >= 4 is 16.5 Å². The van der Waals surface area contributed by atoms with Crippen LogP contribution in [0.4, 0.5) is 5.13 Å². The number of hydrogen-bond acceptors (Lipinski definition) is 5. The molecule has 1 atom stereocenters. The largest absolute Gasteiger partial charge is 0.347 e. The molecule has 1 fully saturated rings. The minimum atomic E-state index is 0.518. The van der Waals surface area contributed by atoms with E-state index in [-0.39, 0.29) is 0 Å². The average Bonchev–Trinajstić information content (AvgIpc) is 2.87. The second-order valence-electron chi connectivity index (χ2n) is 6.42. The highest BCUT2D eigenvalue weighted by molar-refractivity contribution is 7.15. The summed E-state index contributed by atoms with van der Waals surface area (Å²) in [5, 5.41) is 4.71. The van der Waals surface area contributed by atoms with Gasteiger partial charge in [-0.3, -0.25) is 0 Å². The first kappa shape index (κ1) is 16.7. The normalized spacial score (nSPS) is 20.2. The molecule has 21 heavy (non-hydrogen) atoms. The summed E-state index contributed by atoms with van der Waals surface area (Å²) in [5.74, 6) is 0. The summed E-state index contributed by atoms with van der Waals surface area (Å²) in [7, 11) is 4.43. The van der Waals surface area contributed by atoms with Crippen molar-refractivity contribution in [2.45, 2.75) is 58.7 Å². The molecule has 1 N–H and O–H groups in total. The van der Waals surface area contributed by atoms with Gasteiger partial charge < -0.3 is 15.1 Å². The first-order valence-electron chi connectivity index (χ1n) is 8.14. The molecule has 1 aliphatic rings. The zero-order valence-corrected chi connectivity index (χ0v) is 15.0. The van der Waals surface area contributed by atoms with E-state index in [0.29, 0.717) is 12.1 Å².